The van der Waals surface area contributed by atoms with E-state index in [2.05, 4.69) is 15.5 Å². The number of hydrogen-bond acceptors (Lipinski definition) is 6. The van der Waals surface area contributed by atoms with Gasteiger partial charge in [-0.05, 0) is 72.8 Å². The second kappa shape index (κ2) is 15.3. The molecule has 0 radical (unpaired) electrons. The van der Waals surface area contributed by atoms with Crippen molar-refractivity contribution in [1.82, 2.24) is 10.2 Å². The van der Waals surface area contributed by atoms with Gasteiger partial charge >= 0.3 is 0 Å². The van der Waals surface area contributed by atoms with Crippen LogP contribution < -0.4 is 15.5 Å². The van der Waals surface area contributed by atoms with E-state index in [1.165, 1.54) is 30.0 Å². The summed E-state index contributed by atoms with van der Waals surface area (Å²) in [5.41, 5.74) is 2.79. The fourth-order valence-corrected chi connectivity index (χ4v) is 6.01. The van der Waals surface area contributed by atoms with E-state index < -0.39 is 11.8 Å². The largest absolute Gasteiger partial charge is 0.457 e. The summed E-state index contributed by atoms with van der Waals surface area (Å²) >= 11 is 1.42. The average molecular weight is 661 g/mol. The Bertz CT molecular complexity index is 1890. The molecule has 0 aliphatic carbocycles. The highest BCUT2D eigenvalue weighted by Crippen LogP contribution is 2.25. The molecule has 1 aromatic heterocycles. The third kappa shape index (κ3) is 8.40. The van der Waals surface area contributed by atoms with Crippen molar-refractivity contribution < 1.29 is 23.2 Å². The third-order valence-corrected chi connectivity index (χ3v) is 8.80. The number of anilines is 2. The maximum atomic E-state index is 13.5. The van der Waals surface area contributed by atoms with Gasteiger partial charge in [0.25, 0.3) is 11.8 Å². The number of thioether (sulfide) groups is 1. The van der Waals surface area contributed by atoms with Crippen molar-refractivity contribution in [2.24, 2.45) is 0 Å². The Morgan fingerprint density at radius 2 is 1.44 bits per heavy atom. The van der Waals surface area contributed by atoms with Crippen LogP contribution in [0.5, 0.6) is 0 Å². The number of nitrogens with zero attached hydrogens (tertiary/aromatic N) is 2. The summed E-state index contributed by atoms with van der Waals surface area (Å²) in [6.07, 6.45) is 1.50. The van der Waals surface area contributed by atoms with Crippen molar-refractivity contribution in [3.05, 3.63) is 144 Å². The van der Waals surface area contributed by atoms with E-state index in [4.69, 9.17) is 4.42 Å². The van der Waals surface area contributed by atoms with Crippen LogP contribution in [0.15, 0.2) is 136 Å². The zero-order valence-electron chi connectivity index (χ0n) is 26.0. The smallest absolute Gasteiger partial charge is 0.272 e. The standard InChI is InChI=1S/C38H33FN4O4S/c39-29-11-15-31(16-12-29)42-21-23-43(24-22-42)36(44)26-48-33-18-13-30(14-19-33)40-38(46)34(41-37(45)28-9-5-2-6-10-28)25-32-17-20-35(47-32)27-7-3-1-4-8-27/h1-20,25H,21-24,26H2,(H,40,46)(H,41,45). The van der Waals surface area contributed by atoms with Crippen molar-refractivity contribution in [3.8, 4) is 11.3 Å². The van der Waals surface area contributed by atoms with Crippen LogP contribution >= 0.6 is 11.8 Å². The Balaban J connectivity index is 1.06. The van der Waals surface area contributed by atoms with E-state index in [1.807, 2.05) is 59.5 Å². The van der Waals surface area contributed by atoms with Crippen molar-refractivity contribution >= 4 is 46.9 Å². The highest BCUT2D eigenvalue weighted by Gasteiger charge is 2.22. The summed E-state index contributed by atoms with van der Waals surface area (Å²) in [7, 11) is 0. The number of benzene rings is 4. The lowest BCUT2D eigenvalue weighted by atomic mass is 10.2. The Morgan fingerprint density at radius 3 is 2.12 bits per heavy atom. The topological polar surface area (TPSA) is 94.9 Å². The van der Waals surface area contributed by atoms with Crippen LogP contribution in [0.1, 0.15) is 16.1 Å². The fraction of sp³-hybridized carbons (Fsp3) is 0.132. The monoisotopic (exact) mass is 660 g/mol. The molecule has 242 valence electrons. The lowest BCUT2D eigenvalue weighted by Gasteiger charge is -2.36. The molecule has 2 heterocycles. The van der Waals surface area contributed by atoms with Crippen LogP contribution in [0.3, 0.4) is 0 Å². The summed E-state index contributed by atoms with van der Waals surface area (Å²) in [5, 5.41) is 5.57. The predicted octanol–water partition coefficient (Wildman–Crippen LogP) is 6.94. The van der Waals surface area contributed by atoms with Crippen molar-refractivity contribution in [3.63, 3.8) is 0 Å². The van der Waals surface area contributed by atoms with Crippen LogP contribution in [0.25, 0.3) is 17.4 Å². The molecule has 5 aromatic rings. The molecule has 0 atom stereocenters. The number of amides is 3. The molecule has 3 amide bonds. The van der Waals surface area contributed by atoms with E-state index in [0.717, 1.165) is 16.1 Å². The molecular weight excluding hydrogens is 628 g/mol. The van der Waals surface area contributed by atoms with Crippen LogP contribution in [0.4, 0.5) is 15.8 Å². The predicted molar refractivity (Wildman–Crippen MR) is 187 cm³/mol. The van der Waals surface area contributed by atoms with Gasteiger partial charge in [0.2, 0.25) is 5.91 Å². The number of nitrogens with one attached hydrogen (secondary N) is 2. The summed E-state index contributed by atoms with van der Waals surface area (Å²) in [5.74, 6) is 0.155. The number of hydrogen-bond donors (Lipinski definition) is 2. The second-order valence-corrected chi connectivity index (χ2v) is 12.1. The summed E-state index contributed by atoms with van der Waals surface area (Å²) in [4.78, 5) is 44.2. The number of carbonyl (C=O) groups excluding carboxylic acids is 3. The Morgan fingerprint density at radius 1 is 0.771 bits per heavy atom. The van der Waals surface area contributed by atoms with Crippen LogP contribution in [-0.4, -0.2) is 54.6 Å². The van der Waals surface area contributed by atoms with E-state index >= 15 is 0 Å². The van der Waals surface area contributed by atoms with Crippen LogP contribution in [0.2, 0.25) is 0 Å². The molecule has 0 unspecified atom stereocenters. The molecule has 0 bridgehead atoms. The summed E-state index contributed by atoms with van der Waals surface area (Å²) < 4.78 is 19.2. The first-order valence-corrected chi connectivity index (χ1v) is 16.5. The van der Waals surface area contributed by atoms with Gasteiger partial charge in [0.15, 0.2) is 0 Å². The molecule has 10 heteroatoms. The molecule has 8 nitrogen and oxygen atoms in total. The van der Waals surface area contributed by atoms with Crippen LogP contribution in [0, 0.1) is 5.82 Å². The van der Waals surface area contributed by atoms with Crippen LogP contribution in [-0.2, 0) is 9.59 Å². The second-order valence-electron chi connectivity index (χ2n) is 11.1. The number of rotatable bonds is 10. The van der Waals surface area contributed by atoms with Crippen molar-refractivity contribution in [2.45, 2.75) is 4.90 Å². The molecule has 2 N–H and O–H groups in total. The Labute approximate surface area is 282 Å². The first kappa shape index (κ1) is 32.3. The SMILES string of the molecule is O=C(Nc1ccc(SCC(=O)N2CCN(c3ccc(F)cc3)CC2)cc1)C(=Cc1ccc(-c2ccccc2)o1)NC(=O)c1ccccc1. The Hall–Kier alpha value is -5.61. The number of piperazine rings is 1. The summed E-state index contributed by atoms with van der Waals surface area (Å²) in [6.45, 7) is 2.58. The molecule has 0 spiro atoms. The van der Waals surface area contributed by atoms with Gasteiger partial charge in [0, 0.05) is 59.7 Å². The molecule has 48 heavy (non-hydrogen) atoms. The first-order valence-electron chi connectivity index (χ1n) is 15.5. The molecule has 1 fully saturated rings. The van der Waals surface area contributed by atoms with Crippen molar-refractivity contribution in [2.75, 3.05) is 42.1 Å². The molecule has 1 aliphatic heterocycles. The summed E-state index contributed by atoms with van der Waals surface area (Å²) in [6, 6.07) is 35.4. The van der Waals surface area contributed by atoms with Gasteiger partial charge in [0.05, 0.1) is 5.75 Å². The molecule has 6 rings (SSSR count). The number of furan rings is 1. The molecule has 1 saturated heterocycles. The minimum absolute atomic E-state index is 0.0152. The molecule has 4 aromatic carbocycles. The molecule has 0 saturated carbocycles. The number of carbonyl (C=O) groups is 3. The molecule has 1 aliphatic rings. The lowest BCUT2D eigenvalue weighted by Crippen LogP contribution is -2.49. The van der Waals surface area contributed by atoms with Gasteiger partial charge in [-0.25, -0.2) is 4.39 Å². The van der Waals surface area contributed by atoms with Gasteiger partial charge < -0.3 is 24.9 Å². The van der Waals surface area contributed by atoms with E-state index in [9.17, 15) is 18.8 Å². The van der Waals surface area contributed by atoms with Gasteiger partial charge in [-0.15, -0.1) is 11.8 Å². The third-order valence-electron chi connectivity index (χ3n) is 7.80. The van der Waals surface area contributed by atoms with E-state index in [1.54, 1.807) is 54.6 Å². The zero-order valence-corrected chi connectivity index (χ0v) is 26.8. The van der Waals surface area contributed by atoms with Gasteiger partial charge in [-0.3, -0.25) is 14.4 Å². The van der Waals surface area contributed by atoms with E-state index in [-0.39, 0.29) is 23.2 Å². The van der Waals surface area contributed by atoms with Crippen molar-refractivity contribution in [1.29, 1.82) is 0 Å². The highest BCUT2D eigenvalue weighted by molar-refractivity contribution is 8.00. The minimum atomic E-state index is -0.521. The average Bonchev–Trinajstić information content (AvgIpc) is 3.60. The molecular formula is C38H33FN4O4S. The van der Waals surface area contributed by atoms with Gasteiger partial charge in [0.1, 0.15) is 23.0 Å². The zero-order chi connectivity index (χ0) is 33.3. The normalized spacial score (nSPS) is 13.2. The van der Waals surface area contributed by atoms with Gasteiger partial charge in [-0.2, -0.15) is 0 Å². The quantitative estimate of drug-likeness (QED) is 0.125. The fourth-order valence-electron chi connectivity index (χ4n) is 5.21. The maximum absolute atomic E-state index is 13.5. The maximum Gasteiger partial charge on any atom is 0.272 e. The number of halogens is 1. The Kier molecular flexibility index (Phi) is 10.3. The van der Waals surface area contributed by atoms with Gasteiger partial charge in [-0.1, -0.05) is 48.5 Å². The van der Waals surface area contributed by atoms with E-state index in [0.29, 0.717) is 49.0 Å². The highest BCUT2D eigenvalue weighted by atomic mass is 32.2. The lowest BCUT2D eigenvalue weighted by molar-refractivity contribution is -0.128. The minimum Gasteiger partial charge on any atom is -0.457 e. The first-order chi connectivity index (χ1) is 23.4.